The quantitative estimate of drug-likeness (QED) is 0.182. The fourth-order valence-corrected chi connectivity index (χ4v) is 4.11. The minimum absolute atomic E-state index is 0.360. The summed E-state index contributed by atoms with van der Waals surface area (Å²) >= 11 is 0. The van der Waals surface area contributed by atoms with Crippen molar-refractivity contribution in [3.8, 4) is 5.75 Å². The highest BCUT2D eigenvalue weighted by atomic mass is 16.6. The molecule has 3 heteroatoms. The van der Waals surface area contributed by atoms with Crippen molar-refractivity contribution in [1.82, 2.24) is 0 Å². The van der Waals surface area contributed by atoms with Crippen molar-refractivity contribution in [3.05, 3.63) is 66.2 Å². The van der Waals surface area contributed by atoms with Crippen LogP contribution in [0.4, 0.5) is 0 Å². The summed E-state index contributed by atoms with van der Waals surface area (Å²) in [6.07, 6.45) is 8.76. The lowest BCUT2D eigenvalue weighted by molar-refractivity contribution is -0.976. The van der Waals surface area contributed by atoms with Crippen molar-refractivity contribution in [2.24, 2.45) is 0 Å². The van der Waals surface area contributed by atoms with Crippen LogP contribution in [-0.2, 0) is 10.5 Å². The fourth-order valence-electron chi connectivity index (χ4n) is 4.11. The molecule has 0 N–H and O–H groups in total. The van der Waals surface area contributed by atoms with Crippen LogP contribution in [0.15, 0.2) is 60.7 Å². The first-order valence-electron chi connectivity index (χ1n) is 11.8. The fraction of sp³-hybridized carbons (Fsp3) is 0.556. The van der Waals surface area contributed by atoms with Crippen LogP contribution in [-0.4, -0.2) is 38.3 Å². The zero-order chi connectivity index (χ0) is 21.7. The Kier molecular flexibility index (Phi) is 10.4. The summed E-state index contributed by atoms with van der Waals surface area (Å²) in [6, 6.07) is 20.8. The Morgan fingerprint density at radius 3 is 1.97 bits per heavy atom. The summed E-state index contributed by atoms with van der Waals surface area (Å²) in [5.41, 5.74) is 0.908. The van der Waals surface area contributed by atoms with Gasteiger partial charge in [-0.3, -0.25) is 4.48 Å². The van der Waals surface area contributed by atoms with Crippen LogP contribution in [0.2, 0.25) is 0 Å². The van der Waals surface area contributed by atoms with Crippen molar-refractivity contribution >= 4 is 0 Å². The van der Waals surface area contributed by atoms with Gasteiger partial charge in [-0.1, -0.05) is 87.6 Å². The van der Waals surface area contributed by atoms with Crippen molar-refractivity contribution in [3.63, 3.8) is 0 Å². The van der Waals surface area contributed by atoms with E-state index in [4.69, 9.17) is 9.47 Å². The summed E-state index contributed by atoms with van der Waals surface area (Å²) in [5.74, 6) is 0.895. The highest BCUT2D eigenvalue weighted by molar-refractivity contribution is 5.21. The molecule has 0 amide bonds. The second kappa shape index (κ2) is 12.8. The van der Waals surface area contributed by atoms with Gasteiger partial charge in [0.25, 0.3) is 0 Å². The van der Waals surface area contributed by atoms with Gasteiger partial charge in [0.2, 0.25) is 5.72 Å². The Hall–Kier alpha value is -1.84. The topological polar surface area (TPSA) is 18.5 Å². The third-order valence-electron chi connectivity index (χ3n) is 6.30. The third kappa shape index (κ3) is 6.85. The number of benzene rings is 2. The first-order chi connectivity index (χ1) is 14.6. The Morgan fingerprint density at radius 2 is 1.33 bits per heavy atom. The molecule has 0 aliphatic carbocycles. The minimum atomic E-state index is -0.360. The number of hydrogen-bond donors (Lipinski definition) is 0. The molecule has 0 saturated heterocycles. The highest BCUT2D eigenvalue weighted by Gasteiger charge is 2.47. The van der Waals surface area contributed by atoms with Gasteiger partial charge >= 0.3 is 0 Å². The molecule has 0 spiro atoms. The van der Waals surface area contributed by atoms with Crippen molar-refractivity contribution in [1.29, 1.82) is 0 Å². The predicted octanol–water partition coefficient (Wildman–Crippen LogP) is 6.78. The van der Waals surface area contributed by atoms with Crippen LogP contribution in [0.5, 0.6) is 5.75 Å². The molecule has 0 heterocycles. The van der Waals surface area contributed by atoms with Gasteiger partial charge in [-0.2, -0.15) is 0 Å². The normalized spacial score (nSPS) is 13.7. The summed E-state index contributed by atoms with van der Waals surface area (Å²) in [5, 5.41) is 0. The molecule has 30 heavy (non-hydrogen) atoms. The maximum Gasteiger partial charge on any atom is 0.229 e. The van der Waals surface area contributed by atoms with Gasteiger partial charge in [-0.25, -0.2) is 0 Å². The minimum Gasteiger partial charge on any atom is -0.491 e. The third-order valence-corrected chi connectivity index (χ3v) is 6.30. The monoisotopic (exact) mass is 412 g/mol. The molecule has 166 valence electrons. The van der Waals surface area contributed by atoms with E-state index >= 15 is 0 Å². The van der Waals surface area contributed by atoms with Crippen molar-refractivity contribution in [2.75, 3.05) is 33.9 Å². The molecule has 0 bridgehead atoms. The Labute approximate surface area is 184 Å². The molecule has 2 aromatic rings. The molecule has 0 saturated carbocycles. The van der Waals surface area contributed by atoms with Gasteiger partial charge in [0.05, 0.1) is 27.2 Å². The van der Waals surface area contributed by atoms with E-state index < -0.39 is 0 Å². The number of hydrogen-bond acceptors (Lipinski definition) is 2. The SMILES string of the molecule is CCCCCCCCC(OCCOc1ccccc1)(c1ccccc1)[N+](C)(C)CC. The maximum atomic E-state index is 6.77. The molecular formula is C27H42NO2+. The molecule has 0 aromatic heterocycles. The molecule has 1 unspecified atom stereocenters. The zero-order valence-electron chi connectivity index (χ0n) is 19.6. The summed E-state index contributed by atoms with van der Waals surface area (Å²) in [4.78, 5) is 0. The second-order valence-electron chi connectivity index (χ2n) is 8.68. The number of ether oxygens (including phenoxy) is 2. The van der Waals surface area contributed by atoms with Crippen LogP contribution >= 0.6 is 0 Å². The van der Waals surface area contributed by atoms with Gasteiger partial charge < -0.3 is 9.47 Å². The van der Waals surface area contributed by atoms with E-state index in [0.717, 1.165) is 23.2 Å². The Morgan fingerprint density at radius 1 is 0.733 bits per heavy atom. The van der Waals surface area contributed by atoms with Crippen LogP contribution < -0.4 is 4.74 Å². The van der Waals surface area contributed by atoms with Gasteiger partial charge in [0, 0.05) is 12.0 Å². The highest BCUT2D eigenvalue weighted by Crippen LogP contribution is 2.39. The van der Waals surface area contributed by atoms with E-state index in [1.807, 2.05) is 30.3 Å². The van der Waals surface area contributed by atoms with E-state index in [1.165, 1.54) is 44.1 Å². The van der Waals surface area contributed by atoms with E-state index in [-0.39, 0.29) is 5.72 Å². The van der Waals surface area contributed by atoms with Gasteiger partial charge in [0.15, 0.2) is 0 Å². The zero-order valence-corrected chi connectivity index (χ0v) is 19.6. The average molecular weight is 413 g/mol. The molecular weight excluding hydrogens is 370 g/mol. The lowest BCUT2D eigenvalue weighted by Crippen LogP contribution is -2.59. The number of nitrogens with zero attached hydrogens (tertiary/aromatic N) is 1. The second-order valence-corrected chi connectivity index (χ2v) is 8.68. The van der Waals surface area contributed by atoms with Gasteiger partial charge in [-0.15, -0.1) is 0 Å². The Balaban J connectivity index is 2.11. The van der Waals surface area contributed by atoms with Crippen LogP contribution in [0.25, 0.3) is 0 Å². The lowest BCUT2D eigenvalue weighted by atomic mass is 9.92. The largest absolute Gasteiger partial charge is 0.491 e. The maximum absolute atomic E-state index is 6.77. The standard InChI is InChI=1S/C27H42NO2/c1-5-7-8-9-10-17-22-27(28(3,4)6-2,25-18-13-11-14-19-25)30-24-23-29-26-20-15-12-16-21-26/h11-16,18-21H,5-10,17,22-24H2,1-4H3/q+1. The summed E-state index contributed by atoms with van der Waals surface area (Å²) in [6.45, 7) is 6.65. The number of quaternary nitrogens is 1. The number of rotatable bonds is 15. The molecule has 2 rings (SSSR count). The average Bonchev–Trinajstić information content (AvgIpc) is 2.78. The lowest BCUT2D eigenvalue weighted by Gasteiger charge is -2.48. The van der Waals surface area contributed by atoms with Crippen LogP contribution in [0.1, 0.15) is 64.4 Å². The summed E-state index contributed by atoms with van der Waals surface area (Å²) < 4.78 is 13.5. The molecule has 0 aliphatic rings. The smallest absolute Gasteiger partial charge is 0.229 e. The van der Waals surface area contributed by atoms with E-state index in [0.29, 0.717) is 13.2 Å². The van der Waals surface area contributed by atoms with Crippen molar-refractivity contribution in [2.45, 2.75) is 64.5 Å². The van der Waals surface area contributed by atoms with E-state index in [1.54, 1.807) is 0 Å². The molecule has 3 nitrogen and oxygen atoms in total. The van der Waals surface area contributed by atoms with E-state index in [9.17, 15) is 0 Å². The predicted molar refractivity (Wildman–Crippen MR) is 127 cm³/mol. The Bertz CT molecular complexity index is 687. The van der Waals surface area contributed by atoms with E-state index in [2.05, 4.69) is 58.3 Å². The first kappa shape index (κ1) is 24.4. The van der Waals surface area contributed by atoms with Gasteiger partial charge in [0.1, 0.15) is 12.4 Å². The van der Waals surface area contributed by atoms with Crippen molar-refractivity contribution < 1.29 is 14.0 Å². The molecule has 0 aliphatic heterocycles. The molecule has 2 aromatic carbocycles. The summed E-state index contributed by atoms with van der Waals surface area (Å²) in [7, 11) is 4.59. The van der Waals surface area contributed by atoms with Crippen LogP contribution in [0.3, 0.4) is 0 Å². The molecule has 0 radical (unpaired) electrons. The number of unbranched alkanes of at least 4 members (excludes halogenated alkanes) is 5. The first-order valence-corrected chi connectivity index (χ1v) is 11.8. The molecule has 0 fully saturated rings. The van der Waals surface area contributed by atoms with Crippen LogP contribution in [0, 0.1) is 0 Å². The molecule has 1 atom stereocenters. The number of para-hydroxylation sites is 1. The van der Waals surface area contributed by atoms with Gasteiger partial charge in [-0.05, 0) is 25.5 Å².